The van der Waals surface area contributed by atoms with E-state index in [1.165, 1.54) is 6.07 Å². The van der Waals surface area contributed by atoms with E-state index in [4.69, 9.17) is 0 Å². The van der Waals surface area contributed by atoms with Crippen LogP contribution in [0.1, 0.15) is 63.0 Å². The molecule has 0 fully saturated rings. The van der Waals surface area contributed by atoms with E-state index in [2.05, 4.69) is 10.3 Å². The van der Waals surface area contributed by atoms with Gasteiger partial charge in [0, 0.05) is 18.0 Å². The Kier molecular flexibility index (Phi) is 5.42. The average Bonchev–Trinajstić information content (AvgIpc) is 2.62. The van der Waals surface area contributed by atoms with Gasteiger partial charge in [-0.2, -0.15) is 0 Å². The van der Waals surface area contributed by atoms with Crippen molar-refractivity contribution in [3.8, 4) is 5.75 Å². The van der Waals surface area contributed by atoms with Crippen LogP contribution in [0.4, 0.5) is 14.5 Å². The standard InChI is InChI=1S/C24H26F2N2O3/c1-23(2,3)13-9-14(24(4,5)6)18(29)10-17(13)28-22(31)12-11-27-20-16(26)8-7-15(25)19(20)21(12)30/h7-11,29H,1-6H3,(H,27,30)(H,28,31). The topological polar surface area (TPSA) is 82.2 Å². The molecule has 0 bridgehead atoms. The fourth-order valence-electron chi connectivity index (χ4n) is 3.53. The normalized spacial score (nSPS) is 12.3. The molecule has 3 aromatic rings. The molecular weight excluding hydrogens is 402 g/mol. The summed E-state index contributed by atoms with van der Waals surface area (Å²) in [7, 11) is 0. The summed E-state index contributed by atoms with van der Waals surface area (Å²) in [6, 6.07) is 5.04. The first-order valence-corrected chi connectivity index (χ1v) is 9.90. The summed E-state index contributed by atoms with van der Waals surface area (Å²) in [5, 5.41) is 12.7. The first-order valence-electron chi connectivity index (χ1n) is 9.90. The number of anilines is 1. The summed E-state index contributed by atoms with van der Waals surface area (Å²) < 4.78 is 28.1. The SMILES string of the molecule is CC(C)(C)c1cc(C(C)(C)C)c(NC(=O)c2c[nH]c3c(F)ccc(F)c3c2=O)cc1O. The predicted molar refractivity (Wildman–Crippen MR) is 118 cm³/mol. The van der Waals surface area contributed by atoms with Crippen LogP contribution in [0.15, 0.2) is 35.3 Å². The van der Waals surface area contributed by atoms with Crippen LogP contribution in [0.3, 0.4) is 0 Å². The number of phenols is 1. The van der Waals surface area contributed by atoms with Crippen molar-refractivity contribution in [2.45, 2.75) is 52.4 Å². The smallest absolute Gasteiger partial charge is 0.261 e. The van der Waals surface area contributed by atoms with E-state index in [-0.39, 0.29) is 27.7 Å². The van der Waals surface area contributed by atoms with E-state index < -0.39 is 28.4 Å². The molecule has 0 saturated carbocycles. The molecule has 0 saturated heterocycles. The second-order valence-corrected chi connectivity index (χ2v) is 9.68. The lowest BCUT2D eigenvalue weighted by Gasteiger charge is -2.28. The fourth-order valence-corrected chi connectivity index (χ4v) is 3.53. The highest BCUT2D eigenvalue weighted by atomic mass is 19.1. The maximum atomic E-state index is 14.2. The van der Waals surface area contributed by atoms with Crippen molar-refractivity contribution in [2.75, 3.05) is 5.32 Å². The van der Waals surface area contributed by atoms with Crippen LogP contribution < -0.4 is 10.7 Å². The number of benzene rings is 2. The largest absolute Gasteiger partial charge is 0.508 e. The monoisotopic (exact) mass is 428 g/mol. The molecule has 1 heterocycles. The van der Waals surface area contributed by atoms with Crippen LogP contribution in [-0.4, -0.2) is 16.0 Å². The molecule has 0 atom stereocenters. The number of fused-ring (bicyclic) bond motifs is 1. The van der Waals surface area contributed by atoms with E-state index in [0.29, 0.717) is 5.69 Å². The molecular formula is C24H26F2N2O3. The van der Waals surface area contributed by atoms with Crippen LogP contribution in [0, 0.1) is 11.6 Å². The molecule has 164 valence electrons. The number of phenolic OH excluding ortho intramolecular Hbond substituents is 1. The quantitative estimate of drug-likeness (QED) is 0.514. The molecule has 5 nitrogen and oxygen atoms in total. The summed E-state index contributed by atoms with van der Waals surface area (Å²) >= 11 is 0. The van der Waals surface area contributed by atoms with Gasteiger partial charge in [0.05, 0.1) is 10.9 Å². The lowest BCUT2D eigenvalue weighted by atomic mass is 9.79. The van der Waals surface area contributed by atoms with Gasteiger partial charge in [0.2, 0.25) is 5.43 Å². The summed E-state index contributed by atoms with van der Waals surface area (Å²) in [4.78, 5) is 28.1. The zero-order chi connectivity index (χ0) is 23.3. The summed E-state index contributed by atoms with van der Waals surface area (Å²) in [5.74, 6) is -2.50. The molecule has 7 heteroatoms. The van der Waals surface area contributed by atoms with Crippen molar-refractivity contribution >= 4 is 22.5 Å². The van der Waals surface area contributed by atoms with Gasteiger partial charge in [0.1, 0.15) is 22.9 Å². The minimum Gasteiger partial charge on any atom is -0.508 e. The van der Waals surface area contributed by atoms with Gasteiger partial charge in [-0.15, -0.1) is 0 Å². The van der Waals surface area contributed by atoms with Crippen LogP contribution in [-0.2, 0) is 10.8 Å². The van der Waals surface area contributed by atoms with Gasteiger partial charge in [-0.1, -0.05) is 41.5 Å². The highest BCUT2D eigenvalue weighted by Gasteiger charge is 2.27. The summed E-state index contributed by atoms with van der Waals surface area (Å²) in [6.07, 6.45) is 1.06. The number of H-pyrrole nitrogens is 1. The number of rotatable bonds is 2. The number of aromatic nitrogens is 1. The Morgan fingerprint density at radius 3 is 2.13 bits per heavy atom. The van der Waals surface area contributed by atoms with Crippen LogP contribution in [0.25, 0.3) is 10.9 Å². The molecule has 31 heavy (non-hydrogen) atoms. The zero-order valence-corrected chi connectivity index (χ0v) is 18.4. The number of halogens is 2. The van der Waals surface area contributed by atoms with E-state index in [0.717, 1.165) is 29.5 Å². The maximum Gasteiger partial charge on any atom is 0.261 e. The second-order valence-electron chi connectivity index (χ2n) is 9.68. The highest BCUT2D eigenvalue weighted by Crippen LogP contribution is 2.39. The van der Waals surface area contributed by atoms with Gasteiger partial charge in [-0.3, -0.25) is 9.59 Å². The number of aromatic amines is 1. The van der Waals surface area contributed by atoms with Crippen molar-refractivity contribution in [1.29, 1.82) is 0 Å². The number of hydrogen-bond donors (Lipinski definition) is 3. The Morgan fingerprint density at radius 1 is 0.968 bits per heavy atom. The first kappa shape index (κ1) is 22.5. The summed E-state index contributed by atoms with van der Waals surface area (Å²) in [5.41, 5.74) is -0.487. The Balaban J connectivity index is 2.12. The lowest BCUT2D eigenvalue weighted by molar-refractivity contribution is 0.102. The molecule has 3 N–H and O–H groups in total. The minimum atomic E-state index is -0.921. The molecule has 0 aliphatic heterocycles. The Hall–Kier alpha value is -3.22. The third-order valence-corrected chi connectivity index (χ3v) is 5.18. The van der Waals surface area contributed by atoms with Crippen molar-refractivity contribution < 1.29 is 18.7 Å². The van der Waals surface area contributed by atoms with Gasteiger partial charge in [0.25, 0.3) is 5.91 Å². The average molecular weight is 428 g/mol. The van der Waals surface area contributed by atoms with Crippen LogP contribution in [0.5, 0.6) is 5.75 Å². The number of nitrogens with one attached hydrogen (secondary N) is 2. The van der Waals surface area contributed by atoms with E-state index in [9.17, 15) is 23.5 Å². The third-order valence-electron chi connectivity index (χ3n) is 5.18. The number of aromatic hydroxyl groups is 1. The predicted octanol–water partition coefficient (Wildman–Crippen LogP) is 5.36. The molecule has 0 unspecified atom stereocenters. The second kappa shape index (κ2) is 7.48. The molecule has 1 aromatic heterocycles. The van der Waals surface area contributed by atoms with E-state index in [1.807, 2.05) is 47.6 Å². The van der Waals surface area contributed by atoms with E-state index in [1.54, 1.807) is 0 Å². The minimum absolute atomic E-state index is 0.0105. The van der Waals surface area contributed by atoms with Gasteiger partial charge >= 0.3 is 0 Å². The van der Waals surface area contributed by atoms with Crippen molar-refractivity contribution in [3.63, 3.8) is 0 Å². The van der Waals surface area contributed by atoms with Crippen molar-refractivity contribution in [3.05, 3.63) is 69.0 Å². The van der Waals surface area contributed by atoms with Gasteiger partial charge in [-0.25, -0.2) is 8.78 Å². The lowest BCUT2D eigenvalue weighted by Crippen LogP contribution is -2.25. The number of carbonyl (C=O) groups excluding carboxylic acids is 1. The molecule has 1 amide bonds. The number of carbonyl (C=O) groups is 1. The van der Waals surface area contributed by atoms with Gasteiger partial charge in [0.15, 0.2) is 0 Å². The van der Waals surface area contributed by atoms with Crippen molar-refractivity contribution in [1.82, 2.24) is 4.98 Å². The molecule has 3 rings (SSSR count). The summed E-state index contributed by atoms with van der Waals surface area (Å²) in [6.45, 7) is 11.8. The third kappa shape index (κ3) is 4.17. The fraction of sp³-hybridized carbons (Fsp3) is 0.333. The Bertz CT molecular complexity index is 1250. The highest BCUT2D eigenvalue weighted by molar-refractivity contribution is 6.06. The molecule has 2 aromatic carbocycles. The first-order chi connectivity index (χ1) is 14.2. The Morgan fingerprint density at radius 2 is 1.55 bits per heavy atom. The molecule has 0 radical (unpaired) electrons. The molecule has 0 aliphatic rings. The molecule has 0 aliphatic carbocycles. The van der Waals surface area contributed by atoms with Gasteiger partial charge in [-0.05, 0) is 40.2 Å². The zero-order valence-electron chi connectivity index (χ0n) is 18.4. The number of hydrogen-bond acceptors (Lipinski definition) is 3. The van der Waals surface area contributed by atoms with Crippen molar-refractivity contribution in [2.24, 2.45) is 0 Å². The molecule has 0 spiro atoms. The van der Waals surface area contributed by atoms with Gasteiger partial charge < -0.3 is 15.4 Å². The maximum absolute atomic E-state index is 14.2. The number of amides is 1. The Labute approximate surface area is 179 Å². The van der Waals surface area contributed by atoms with E-state index >= 15 is 0 Å². The number of pyridine rings is 1. The van der Waals surface area contributed by atoms with Crippen LogP contribution >= 0.6 is 0 Å². The van der Waals surface area contributed by atoms with Crippen LogP contribution in [0.2, 0.25) is 0 Å².